The third-order valence-corrected chi connectivity index (χ3v) is 4.94. The molecule has 0 aromatic carbocycles. The zero-order valence-corrected chi connectivity index (χ0v) is 13.8. The van der Waals surface area contributed by atoms with Crippen LogP contribution < -0.4 is 5.32 Å². The maximum atomic E-state index is 12.5. The highest BCUT2D eigenvalue weighted by Crippen LogP contribution is 2.25. The first kappa shape index (κ1) is 14.9. The Bertz CT molecular complexity index is 732. The van der Waals surface area contributed by atoms with Crippen molar-refractivity contribution in [3.63, 3.8) is 0 Å². The minimum absolute atomic E-state index is 0.128. The summed E-state index contributed by atoms with van der Waals surface area (Å²) in [5.41, 5.74) is 0.865. The predicted molar refractivity (Wildman–Crippen MR) is 90.1 cm³/mol. The third kappa shape index (κ3) is 3.26. The van der Waals surface area contributed by atoms with Gasteiger partial charge in [0.05, 0.1) is 5.69 Å². The number of amides is 1. The van der Waals surface area contributed by atoms with Gasteiger partial charge in [0.2, 0.25) is 0 Å². The molecule has 0 aliphatic carbocycles. The van der Waals surface area contributed by atoms with E-state index in [0.717, 1.165) is 30.1 Å². The summed E-state index contributed by atoms with van der Waals surface area (Å²) in [6.07, 6.45) is 8.46. The molecular weight excluding hydrogens is 316 g/mol. The Morgan fingerprint density at radius 2 is 2.18 bits per heavy atom. The quantitative estimate of drug-likeness (QED) is 0.742. The van der Waals surface area contributed by atoms with E-state index in [1.807, 2.05) is 34.5 Å². The van der Waals surface area contributed by atoms with Crippen LogP contribution in [0.1, 0.15) is 35.1 Å². The fraction of sp³-hybridized carbons (Fsp3) is 0.267. The van der Waals surface area contributed by atoms with Gasteiger partial charge < -0.3 is 4.57 Å². The molecule has 114 valence electrons. The third-order valence-electron chi connectivity index (χ3n) is 3.14. The summed E-state index contributed by atoms with van der Waals surface area (Å²) in [6, 6.07) is 3.89. The summed E-state index contributed by atoms with van der Waals surface area (Å²) in [6.45, 7) is 2.13. The zero-order valence-electron chi connectivity index (χ0n) is 12.2. The van der Waals surface area contributed by atoms with E-state index in [-0.39, 0.29) is 5.91 Å². The standard InChI is InChI=1S/C15H16N4OS2/c1-2-3-6-11-12(13(20)18-14-16-7-10-21-14)22-15(17-11)19-8-4-5-9-19/h4-5,7-10H,2-3,6H2,1H3,(H,16,18,20). The first-order valence-electron chi connectivity index (χ1n) is 7.12. The number of thiazole rings is 2. The average Bonchev–Trinajstić information content (AvgIpc) is 3.25. The zero-order chi connectivity index (χ0) is 15.4. The fourth-order valence-corrected chi connectivity index (χ4v) is 3.54. The molecule has 0 unspecified atom stereocenters. The van der Waals surface area contributed by atoms with E-state index >= 15 is 0 Å². The second kappa shape index (κ2) is 6.85. The van der Waals surface area contributed by atoms with Crippen molar-refractivity contribution in [1.82, 2.24) is 14.5 Å². The lowest BCUT2D eigenvalue weighted by Crippen LogP contribution is -2.12. The van der Waals surface area contributed by atoms with Crippen LogP contribution in [-0.2, 0) is 6.42 Å². The summed E-state index contributed by atoms with van der Waals surface area (Å²) in [7, 11) is 0. The Kier molecular flexibility index (Phi) is 4.65. The molecule has 0 saturated heterocycles. The highest BCUT2D eigenvalue weighted by molar-refractivity contribution is 7.16. The maximum Gasteiger partial charge on any atom is 0.269 e. The number of hydrogen-bond acceptors (Lipinski definition) is 5. The van der Waals surface area contributed by atoms with E-state index in [9.17, 15) is 4.79 Å². The van der Waals surface area contributed by atoms with Crippen molar-refractivity contribution in [2.24, 2.45) is 0 Å². The molecule has 3 rings (SSSR count). The summed E-state index contributed by atoms with van der Waals surface area (Å²) in [5, 5.41) is 6.12. The molecule has 0 aliphatic heterocycles. The van der Waals surface area contributed by atoms with Gasteiger partial charge in [0, 0.05) is 24.0 Å². The number of nitrogens with one attached hydrogen (secondary N) is 1. The molecule has 0 saturated carbocycles. The smallest absolute Gasteiger partial charge is 0.269 e. The van der Waals surface area contributed by atoms with Crippen LogP contribution in [0.4, 0.5) is 5.13 Å². The molecule has 0 aliphatic rings. The number of aromatic nitrogens is 3. The van der Waals surface area contributed by atoms with Crippen molar-refractivity contribution in [1.29, 1.82) is 0 Å². The molecule has 0 radical (unpaired) electrons. The van der Waals surface area contributed by atoms with Crippen LogP contribution in [0.25, 0.3) is 5.13 Å². The van der Waals surface area contributed by atoms with E-state index in [0.29, 0.717) is 10.0 Å². The summed E-state index contributed by atoms with van der Waals surface area (Å²) >= 11 is 2.82. The number of nitrogens with zero attached hydrogens (tertiary/aromatic N) is 3. The SMILES string of the molecule is CCCCc1nc(-n2cccc2)sc1C(=O)Nc1nccs1. The number of anilines is 1. The van der Waals surface area contributed by atoms with Crippen molar-refractivity contribution < 1.29 is 4.79 Å². The van der Waals surface area contributed by atoms with Crippen LogP contribution >= 0.6 is 22.7 Å². The second-order valence-electron chi connectivity index (χ2n) is 4.76. The largest absolute Gasteiger partial charge is 0.300 e. The molecular formula is C15H16N4OS2. The van der Waals surface area contributed by atoms with Crippen LogP contribution in [0.5, 0.6) is 0 Å². The molecule has 22 heavy (non-hydrogen) atoms. The number of aryl methyl sites for hydroxylation is 1. The first-order valence-corrected chi connectivity index (χ1v) is 8.81. The molecule has 1 amide bonds. The lowest BCUT2D eigenvalue weighted by molar-refractivity contribution is 0.102. The van der Waals surface area contributed by atoms with E-state index in [1.165, 1.54) is 22.7 Å². The van der Waals surface area contributed by atoms with Crippen LogP contribution in [0.15, 0.2) is 36.1 Å². The van der Waals surface area contributed by atoms with Gasteiger partial charge in [-0.1, -0.05) is 24.7 Å². The molecule has 0 atom stereocenters. The van der Waals surface area contributed by atoms with Crippen molar-refractivity contribution >= 4 is 33.7 Å². The fourth-order valence-electron chi connectivity index (χ4n) is 2.04. The van der Waals surface area contributed by atoms with Gasteiger partial charge in [-0.25, -0.2) is 9.97 Å². The summed E-state index contributed by atoms with van der Waals surface area (Å²) < 4.78 is 1.93. The van der Waals surface area contributed by atoms with E-state index in [4.69, 9.17) is 0 Å². The summed E-state index contributed by atoms with van der Waals surface area (Å²) in [5.74, 6) is -0.128. The minimum atomic E-state index is -0.128. The molecule has 7 heteroatoms. The predicted octanol–water partition coefficient (Wildman–Crippen LogP) is 3.99. The Hall–Kier alpha value is -1.99. The number of carbonyl (C=O) groups is 1. The van der Waals surface area contributed by atoms with Crippen molar-refractivity contribution in [2.45, 2.75) is 26.2 Å². The lowest BCUT2D eigenvalue weighted by Gasteiger charge is -2.01. The monoisotopic (exact) mass is 332 g/mol. The van der Waals surface area contributed by atoms with Crippen molar-refractivity contribution in [2.75, 3.05) is 5.32 Å². The van der Waals surface area contributed by atoms with Gasteiger partial charge in [0.1, 0.15) is 4.88 Å². The molecule has 3 aromatic rings. The van der Waals surface area contributed by atoms with Gasteiger partial charge in [0.25, 0.3) is 5.91 Å². The van der Waals surface area contributed by atoms with Gasteiger partial charge in [-0.05, 0) is 25.0 Å². The molecule has 3 heterocycles. The van der Waals surface area contributed by atoms with Gasteiger partial charge >= 0.3 is 0 Å². The van der Waals surface area contributed by atoms with Crippen LogP contribution in [0, 0.1) is 0 Å². The van der Waals surface area contributed by atoms with Gasteiger partial charge in [-0.2, -0.15) is 0 Å². The molecule has 0 fully saturated rings. The highest BCUT2D eigenvalue weighted by Gasteiger charge is 2.19. The second-order valence-corrected chi connectivity index (χ2v) is 6.63. The number of carbonyl (C=O) groups excluding carboxylic acids is 1. The minimum Gasteiger partial charge on any atom is -0.300 e. The Morgan fingerprint density at radius 1 is 1.36 bits per heavy atom. The van der Waals surface area contributed by atoms with Crippen LogP contribution in [0.2, 0.25) is 0 Å². The molecule has 0 spiro atoms. The van der Waals surface area contributed by atoms with E-state index in [1.54, 1.807) is 6.20 Å². The Morgan fingerprint density at radius 3 is 2.86 bits per heavy atom. The molecule has 5 nitrogen and oxygen atoms in total. The first-order chi connectivity index (χ1) is 10.8. The van der Waals surface area contributed by atoms with Gasteiger partial charge in [0.15, 0.2) is 10.3 Å². The van der Waals surface area contributed by atoms with Gasteiger partial charge in [-0.3, -0.25) is 10.1 Å². The lowest BCUT2D eigenvalue weighted by atomic mass is 10.2. The van der Waals surface area contributed by atoms with Crippen LogP contribution in [0.3, 0.4) is 0 Å². The number of rotatable bonds is 6. The maximum absolute atomic E-state index is 12.5. The Balaban J connectivity index is 1.88. The average molecular weight is 332 g/mol. The number of unbranched alkanes of at least 4 members (excludes halogenated alkanes) is 1. The Labute approximate surface area is 136 Å². The normalized spacial score (nSPS) is 10.8. The van der Waals surface area contributed by atoms with Crippen molar-refractivity contribution in [3.8, 4) is 5.13 Å². The molecule has 1 N–H and O–H groups in total. The van der Waals surface area contributed by atoms with Gasteiger partial charge in [-0.15, -0.1) is 11.3 Å². The van der Waals surface area contributed by atoms with E-state index < -0.39 is 0 Å². The molecule has 3 aromatic heterocycles. The van der Waals surface area contributed by atoms with Crippen LogP contribution in [-0.4, -0.2) is 20.4 Å². The topological polar surface area (TPSA) is 59.8 Å². The highest BCUT2D eigenvalue weighted by atomic mass is 32.1. The summed E-state index contributed by atoms with van der Waals surface area (Å²) in [4.78, 5) is 21.9. The van der Waals surface area contributed by atoms with Crippen molar-refractivity contribution in [3.05, 3.63) is 46.7 Å². The molecule has 0 bridgehead atoms. The van der Waals surface area contributed by atoms with E-state index in [2.05, 4.69) is 22.2 Å². The number of hydrogen-bond donors (Lipinski definition) is 1.